The van der Waals surface area contributed by atoms with Gasteiger partial charge < -0.3 is 20.1 Å². The second-order valence-corrected chi connectivity index (χ2v) is 5.28. The van der Waals surface area contributed by atoms with Crippen molar-refractivity contribution in [3.63, 3.8) is 0 Å². The van der Waals surface area contributed by atoms with E-state index in [2.05, 4.69) is 17.2 Å². The normalized spacial score (nSPS) is 11.4. The zero-order valence-corrected chi connectivity index (χ0v) is 14.1. The second-order valence-electron chi connectivity index (χ2n) is 5.28. The van der Waals surface area contributed by atoms with Crippen molar-refractivity contribution in [3.8, 4) is 0 Å². The van der Waals surface area contributed by atoms with E-state index in [1.165, 1.54) is 6.08 Å². The fourth-order valence-corrected chi connectivity index (χ4v) is 2.05. The lowest BCUT2D eigenvalue weighted by Crippen LogP contribution is -2.42. The van der Waals surface area contributed by atoms with Crippen molar-refractivity contribution in [2.75, 3.05) is 20.2 Å². The van der Waals surface area contributed by atoms with E-state index >= 15 is 0 Å². The van der Waals surface area contributed by atoms with Gasteiger partial charge in [-0.15, -0.1) is 0 Å². The average molecular weight is 334 g/mol. The van der Waals surface area contributed by atoms with E-state index in [0.29, 0.717) is 6.42 Å². The minimum absolute atomic E-state index is 0.118. The highest BCUT2D eigenvalue weighted by Crippen LogP contribution is 2.05. The van der Waals surface area contributed by atoms with Crippen molar-refractivity contribution >= 4 is 12.1 Å². The third-order valence-corrected chi connectivity index (χ3v) is 3.30. The molecule has 0 aliphatic rings. The Labute approximate surface area is 143 Å². The van der Waals surface area contributed by atoms with E-state index in [-0.39, 0.29) is 13.2 Å². The van der Waals surface area contributed by atoms with E-state index in [4.69, 9.17) is 9.47 Å². The summed E-state index contributed by atoms with van der Waals surface area (Å²) in [5, 5.41) is 5.63. The molecule has 0 saturated heterocycles. The van der Waals surface area contributed by atoms with Crippen LogP contribution in [0.2, 0.25) is 0 Å². The zero-order chi connectivity index (χ0) is 17.6. The summed E-state index contributed by atoms with van der Waals surface area (Å²) in [7, 11) is 1.87. The third kappa shape index (κ3) is 8.33. The van der Waals surface area contributed by atoms with Crippen molar-refractivity contribution in [1.82, 2.24) is 10.6 Å². The monoisotopic (exact) mass is 334 g/mol. The molecule has 1 aromatic rings. The molecule has 2 N–H and O–H groups in total. The molecule has 1 aromatic carbocycles. The smallest absolute Gasteiger partial charge is 0.408 e. The number of amides is 1. The van der Waals surface area contributed by atoms with E-state index in [1.807, 2.05) is 37.4 Å². The summed E-state index contributed by atoms with van der Waals surface area (Å²) in [5.74, 6) is -0.476. The van der Waals surface area contributed by atoms with Crippen LogP contribution in [-0.2, 0) is 20.9 Å². The number of hydrogen-bond acceptors (Lipinski definition) is 5. The van der Waals surface area contributed by atoms with Gasteiger partial charge in [0.2, 0.25) is 0 Å². The van der Waals surface area contributed by atoms with Crippen molar-refractivity contribution in [3.05, 3.63) is 48.6 Å². The molecular weight excluding hydrogens is 308 g/mol. The van der Waals surface area contributed by atoms with E-state index in [9.17, 15) is 9.59 Å². The quantitative estimate of drug-likeness (QED) is 0.369. The predicted octanol–water partition coefficient (Wildman–Crippen LogP) is 2.40. The SMILES string of the molecule is C=CCOC(=O)C(CCCCNC)NC(=O)OCc1ccccc1. The van der Waals surface area contributed by atoms with Crippen LogP contribution in [0.4, 0.5) is 4.79 Å². The Hall–Kier alpha value is -2.34. The number of unbranched alkanes of at least 4 members (excludes halogenated alkanes) is 1. The number of ether oxygens (including phenoxy) is 2. The molecule has 0 spiro atoms. The summed E-state index contributed by atoms with van der Waals surface area (Å²) in [6.45, 7) is 4.63. The van der Waals surface area contributed by atoms with Gasteiger partial charge in [-0.2, -0.15) is 0 Å². The highest BCUT2D eigenvalue weighted by molar-refractivity contribution is 5.81. The van der Waals surface area contributed by atoms with Crippen LogP contribution in [0.3, 0.4) is 0 Å². The fourth-order valence-electron chi connectivity index (χ4n) is 2.05. The first kappa shape index (κ1) is 19.7. The van der Waals surface area contributed by atoms with Crippen LogP contribution >= 0.6 is 0 Å². The molecule has 0 heterocycles. The highest BCUT2D eigenvalue weighted by atomic mass is 16.6. The maximum Gasteiger partial charge on any atom is 0.408 e. The van der Waals surface area contributed by atoms with Crippen LogP contribution in [0.5, 0.6) is 0 Å². The van der Waals surface area contributed by atoms with Crippen LogP contribution < -0.4 is 10.6 Å². The first-order valence-electron chi connectivity index (χ1n) is 8.06. The number of hydrogen-bond donors (Lipinski definition) is 2. The lowest BCUT2D eigenvalue weighted by molar-refractivity contribution is -0.145. The molecule has 24 heavy (non-hydrogen) atoms. The van der Waals surface area contributed by atoms with Gasteiger partial charge in [-0.3, -0.25) is 0 Å². The maximum absolute atomic E-state index is 12.0. The molecule has 0 aliphatic heterocycles. The summed E-state index contributed by atoms with van der Waals surface area (Å²) >= 11 is 0. The number of carbonyl (C=O) groups excluding carboxylic acids is 2. The largest absolute Gasteiger partial charge is 0.460 e. The van der Waals surface area contributed by atoms with E-state index in [0.717, 1.165) is 24.9 Å². The molecule has 6 nitrogen and oxygen atoms in total. The minimum atomic E-state index is -0.718. The number of nitrogens with one attached hydrogen (secondary N) is 2. The molecule has 0 aromatic heterocycles. The molecular formula is C18H26N2O4. The van der Waals surface area contributed by atoms with Gasteiger partial charge in [-0.05, 0) is 38.4 Å². The zero-order valence-electron chi connectivity index (χ0n) is 14.1. The summed E-state index contributed by atoms with van der Waals surface area (Å²) in [6.07, 6.45) is 3.05. The van der Waals surface area contributed by atoms with Gasteiger partial charge in [-0.25, -0.2) is 9.59 Å². The Morgan fingerprint density at radius 2 is 1.96 bits per heavy atom. The Balaban J connectivity index is 2.46. The Morgan fingerprint density at radius 3 is 2.62 bits per heavy atom. The lowest BCUT2D eigenvalue weighted by Gasteiger charge is -2.17. The van der Waals surface area contributed by atoms with Crippen LogP contribution in [0.1, 0.15) is 24.8 Å². The Bertz CT molecular complexity index is 505. The molecule has 6 heteroatoms. The second kappa shape index (κ2) is 12.1. The fraction of sp³-hybridized carbons (Fsp3) is 0.444. The van der Waals surface area contributed by atoms with Crippen LogP contribution in [-0.4, -0.2) is 38.3 Å². The summed E-state index contributed by atoms with van der Waals surface area (Å²) in [5.41, 5.74) is 0.882. The van der Waals surface area contributed by atoms with Crippen molar-refractivity contribution in [1.29, 1.82) is 0 Å². The summed E-state index contributed by atoms with van der Waals surface area (Å²) in [4.78, 5) is 23.9. The number of alkyl carbamates (subject to hydrolysis) is 1. The van der Waals surface area contributed by atoms with Gasteiger partial charge in [0.1, 0.15) is 19.3 Å². The lowest BCUT2D eigenvalue weighted by atomic mass is 10.1. The maximum atomic E-state index is 12.0. The number of rotatable bonds is 11. The summed E-state index contributed by atoms with van der Waals surface area (Å²) in [6, 6.07) is 8.63. The van der Waals surface area contributed by atoms with Gasteiger partial charge in [0, 0.05) is 0 Å². The number of benzene rings is 1. The van der Waals surface area contributed by atoms with Crippen molar-refractivity contribution in [2.45, 2.75) is 31.9 Å². The topological polar surface area (TPSA) is 76.7 Å². The molecule has 0 bridgehead atoms. The summed E-state index contributed by atoms with van der Waals surface area (Å²) < 4.78 is 10.2. The van der Waals surface area contributed by atoms with Gasteiger partial charge in [0.15, 0.2) is 0 Å². The Morgan fingerprint density at radius 1 is 1.21 bits per heavy atom. The average Bonchev–Trinajstić information content (AvgIpc) is 2.61. The molecule has 1 unspecified atom stereocenters. The van der Waals surface area contributed by atoms with Crippen molar-refractivity contribution < 1.29 is 19.1 Å². The molecule has 1 amide bonds. The Kier molecular flexibility index (Phi) is 9.96. The van der Waals surface area contributed by atoms with Gasteiger partial charge >= 0.3 is 12.1 Å². The molecule has 1 atom stereocenters. The van der Waals surface area contributed by atoms with Crippen molar-refractivity contribution in [2.24, 2.45) is 0 Å². The van der Waals surface area contributed by atoms with E-state index < -0.39 is 18.1 Å². The first-order chi connectivity index (χ1) is 11.7. The van der Waals surface area contributed by atoms with Gasteiger partial charge in [0.25, 0.3) is 0 Å². The third-order valence-electron chi connectivity index (χ3n) is 3.30. The highest BCUT2D eigenvalue weighted by Gasteiger charge is 2.22. The van der Waals surface area contributed by atoms with Crippen LogP contribution in [0.15, 0.2) is 43.0 Å². The van der Waals surface area contributed by atoms with Gasteiger partial charge in [-0.1, -0.05) is 43.0 Å². The first-order valence-corrected chi connectivity index (χ1v) is 8.06. The molecule has 0 radical (unpaired) electrons. The molecule has 0 aliphatic carbocycles. The number of esters is 1. The molecule has 132 valence electrons. The number of carbonyl (C=O) groups is 2. The van der Waals surface area contributed by atoms with E-state index in [1.54, 1.807) is 0 Å². The predicted molar refractivity (Wildman–Crippen MR) is 92.5 cm³/mol. The molecule has 0 saturated carbocycles. The molecule has 1 rings (SSSR count). The minimum Gasteiger partial charge on any atom is -0.460 e. The standard InChI is InChI=1S/C18H26N2O4/c1-3-13-23-17(21)16(11-7-8-12-19-2)20-18(22)24-14-15-9-5-4-6-10-15/h3-6,9-10,16,19H,1,7-8,11-14H2,2H3,(H,20,22). The van der Waals surface area contributed by atoms with Crippen LogP contribution in [0.25, 0.3) is 0 Å². The molecule has 0 fully saturated rings. The van der Waals surface area contributed by atoms with Crippen LogP contribution in [0, 0.1) is 0 Å². The van der Waals surface area contributed by atoms with Gasteiger partial charge in [0.05, 0.1) is 0 Å².